The van der Waals surface area contributed by atoms with Gasteiger partial charge in [0.1, 0.15) is 0 Å². The van der Waals surface area contributed by atoms with Gasteiger partial charge in [0.2, 0.25) is 0 Å². The number of hydrogen-bond acceptors (Lipinski definition) is 5. The van der Waals surface area contributed by atoms with Crippen molar-refractivity contribution < 1.29 is 4.79 Å². The van der Waals surface area contributed by atoms with Gasteiger partial charge in [0.15, 0.2) is 5.82 Å². The second-order valence-electron chi connectivity index (χ2n) is 7.73. The summed E-state index contributed by atoms with van der Waals surface area (Å²) in [6.07, 6.45) is 5.80. The van der Waals surface area contributed by atoms with Crippen molar-refractivity contribution in [2.45, 2.75) is 55.7 Å². The van der Waals surface area contributed by atoms with Crippen molar-refractivity contribution in [2.24, 2.45) is 5.92 Å². The van der Waals surface area contributed by atoms with Crippen LogP contribution in [0.5, 0.6) is 0 Å². The molecular weight excluding hydrogens is 394 g/mol. The van der Waals surface area contributed by atoms with Gasteiger partial charge in [-0.05, 0) is 66.3 Å². The molecule has 1 aromatic heterocycles. The molecule has 0 bridgehead atoms. The van der Waals surface area contributed by atoms with Crippen molar-refractivity contribution >= 4 is 17.7 Å². The maximum Gasteiger partial charge on any atom is 0.252 e. The van der Waals surface area contributed by atoms with E-state index in [2.05, 4.69) is 27.8 Å². The Kier molecular flexibility index (Phi) is 6.79. The van der Waals surface area contributed by atoms with E-state index < -0.39 is 0 Å². The Labute approximate surface area is 181 Å². The number of nitrogens with zero attached hydrogens (tertiary/aromatic N) is 4. The number of rotatable bonds is 7. The molecule has 0 spiro atoms. The van der Waals surface area contributed by atoms with E-state index >= 15 is 0 Å². The number of para-hydroxylation sites is 1. The van der Waals surface area contributed by atoms with Crippen molar-refractivity contribution in [2.75, 3.05) is 0 Å². The minimum absolute atomic E-state index is 0.0145. The van der Waals surface area contributed by atoms with Crippen molar-refractivity contribution in [3.63, 3.8) is 0 Å². The summed E-state index contributed by atoms with van der Waals surface area (Å²) >= 11 is 1.58. The van der Waals surface area contributed by atoms with Gasteiger partial charge in [0.25, 0.3) is 5.91 Å². The molecule has 3 aromatic rings. The molecule has 1 fully saturated rings. The maximum absolute atomic E-state index is 13.0. The fraction of sp³-hybridized carbons (Fsp3) is 0.391. The maximum atomic E-state index is 13.0. The number of nitrogens with one attached hydrogen (secondary N) is 1. The predicted octanol–water partition coefficient (Wildman–Crippen LogP) is 4.65. The Hall–Kier alpha value is -2.67. The molecule has 1 N–H and O–H groups in total. The molecule has 4 rings (SSSR count). The molecule has 0 atom stereocenters. The Morgan fingerprint density at radius 3 is 2.57 bits per heavy atom. The van der Waals surface area contributed by atoms with Crippen LogP contribution in [0.4, 0.5) is 0 Å². The Morgan fingerprint density at radius 1 is 1.07 bits per heavy atom. The van der Waals surface area contributed by atoms with E-state index in [1.165, 1.54) is 19.3 Å². The van der Waals surface area contributed by atoms with Crippen LogP contribution < -0.4 is 5.32 Å². The molecule has 0 saturated heterocycles. The lowest BCUT2D eigenvalue weighted by molar-refractivity contribution is 0.0918. The highest BCUT2D eigenvalue weighted by atomic mass is 32.2. The van der Waals surface area contributed by atoms with Crippen molar-refractivity contribution in [3.8, 4) is 5.69 Å². The van der Waals surface area contributed by atoms with Crippen molar-refractivity contribution in [1.29, 1.82) is 0 Å². The minimum atomic E-state index is 0.0145. The van der Waals surface area contributed by atoms with Gasteiger partial charge in [-0.25, -0.2) is 0 Å². The van der Waals surface area contributed by atoms with Crippen LogP contribution in [-0.4, -0.2) is 32.2 Å². The van der Waals surface area contributed by atoms with E-state index in [0.717, 1.165) is 40.7 Å². The molecule has 0 radical (unpaired) electrons. The second kappa shape index (κ2) is 9.89. The van der Waals surface area contributed by atoms with E-state index in [9.17, 15) is 4.79 Å². The highest BCUT2D eigenvalue weighted by Crippen LogP contribution is 2.29. The molecule has 0 aliphatic heterocycles. The third-order valence-corrected chi connectivity index (χ3v) is 6.85. The van der Waals surface area contributed by atoms with Crippen molar-refractivity contribution in [1.82, 2.24) is 25.5 Å². The lowest BCUT2D eigenvalue weighted by Gasteiger charge is -2.28. The van der Waals surface area contributed by atoms with Gasteiger partial charge in [-0.15, -0.1) is 16.9 Å². The smallest absolute Gasteiger partial charge is 0.252 e. The summed E-state index contributed by atoms with van der Waals surface area (Å²) in [4.78, 5) is 13.9. The number of carbonyl (C=O) groups is 1. The highest BCUT2D eigenvalue weighted by molar-refractivity contribution is 7.98. The largest absolute Gasteiger partial charge is 0.349 e. The first-order valence-corrected chi connectivity index (χ1v) is 11.6. The van der Waals surface area contributed by atoms with Crippen LogP contribution in [-0.2, 0) is 5.75 Å². The molecule has 1 saturated carbocycles. The lowest BCUT2D eigenvalue weighted by Crippen LogP contribution is -2.37. The topological polar surface area (TPSA) is 72.7 Å². The van der Waals surface area contributed by atoms with Gasteiger partial charge in [-0.2, -0.15) is 4.68 Å². The number of amides is 1. The molecular formula is C23H27N5OS. The zero-order valence-electron chi connectivity index (χ0n) is 17.2. The van der Waals surface area contributed by atoms with E-state index in [1.807, 2.05) is 54.6 Å². The molecule has 30 heavy (non-hydrogen) atoms. The lowest BCUT2D eigenvalue weighted by atomic mass is 9.84. The first-order chi connectivity index (χ1) is 14.7. The van der Waals surface area contributed by atoms with Crippen LogP contribution in [0.2, 0.25) is 0 Å². The van der Waals surface area contributed by atoms with Crippen LogP contribution in [0.25, 0.3) is 5.69 Å². The molecule has 7 heteroatoms. The monoisotopic (exact) mass is 421 g/mol. The van der Waals surface area contributed by atoms with Gasteiger partial charge in [-0.1, -0.05) is 43.7 Å². The number of thioether (sulfide) groups is 1. The van der Waals surface area contributed by atoms with E-state index in [4.69, 9.17) is 0 Å². The average Bonchev–Trinajstić information content (AvgIpc) is 3.27. The van der Waals surface area contributed by atoms with E-state index in [-0.39, 0.29) is 11.9 Å². The molecule has 1 heterocycles. The Bertz CT molecular complexity index is 966. The first-order valence-electron chi connectivity index (χ1n) is 10.6. The molecule has 1 aliphatic rings. The Balaban J connectivity index is 1.42. The number of tetrazole rings is 1. The van der Waals surface area contributed by atoms with Gasteiger partial charge >= 0.3 is 0 Å². The quantitative estimate of drug-likeness (QED) is 0.562. The predicted molar refractivity (Wildman–Crippen MR) is 119 cm³/mol. The van der Waals surface area contributed by atoms with Gasteiger partial charge in [0, 0.05) is 10.9 Å². The van der Waals surface area contributed by atoms with Gasteiger partial charge < -0.3 is 5.32 Å². The molecule has 1 amide bonds. The third-order valence-electron chi connectivity index (χ3n) is 5.78. The molecule has 2 aromatic carbocycles. The summed E-state index contributed by atoms with van der Waals surface area (Å²) in [5, 5.41) is 15.4. The number of hydrogen-bond donors (Lipinski definition) is 1. The summed E-state index contributed by atoms with van der Waals surface area (Å²) in [5.74, 6) is 2.16. The van der Waals surface area contributed by atoms with Crippen LogP contribution in [0, 0.1) is 5.92 Å². The van der Waals surface area contributed by atoms with Crippen molar-refractivity contribution in [3.05, 3.63) is 66.0 Å². The van der Waals surface area contributed by atoms with Gasteiger partial charge in [-0.3, -0.25) is 4.79 Å². The number of carbonyl (C=O) groups excluding carboxylic acids is 1. The summed E-state index contributed by atoms with van der Waals surface area (Å²) < 4.78 is 1.74. The third kappa shape index (κ3) is 4.90. The summed E-state index contributed by atoms with van der Waals surface area (Å²) in [5.41, 5.74) is 1.64. The average molecular weight is 422 g/mol. The van der Waals surface area contributed by atoms with Crippen LogP contribution in [0.3, 0.4) is 0 Å². The normalized spacial score (nSPS) is 18.8. The van der Waals surface area contributed by atoms with E-state index in [1.54, 1.807) is 16.4 Å². The molecule has 156 valence electrons. The summed E-state index contributed by atoms with van der Waals surface area (Å²) in [7, 11) is 0. The second-order valence-corrected chi connectivity index (χ2v) is 8.74. The van der Waals surface area contributed by atoms with Gasteiger partial charge in [0.05, 0.1) is 17.0 Å². The zero-order chi connectivity index (χ0) is 20.8. The SMILES string of the molecule is CCC1CCC(NC(=O)c2ccccc2SCc2nnnn2-c2ccccc2)CC1. The number of aromatic nitrogens is 4. The van der Waals surface area contributed by atoms with Crippen LogP contribution in [0.15, 0.2) is 59.5 Å². The summed E-state index contributed by atoms with van der Waals surface area (Å²) in [6.45, 7) is 2.26. The zero-order valence-corrected chi connectivity index (χ0v) is 18.0. The molecule has 0 unspecified atom stereocenters. The molecule has 1 aliphatic carbocycles. The van der Waals surface area contributed by atoms with E-state index in [0.29, 0.717) is 5.75 Å². The minimum Gasteiger partial charge on any atom is -0.349 e. The number of benzene rings is 2. The highest BCUT2D eigenvalue weighted by Gasteiger charge is 2.22. The van der Waals surface area contributed by atoms with Crippen LogP contribution in [0.1, 0.15) is 55.2 Å². The first kappa shape index (κ1) is 20.6. The van der Waals surface area contributed by atoms with Crippen LogP contribution >= 0.6 is 11.8 Å². The molecule has 6 nitrogen and oxygen atoms in total. The fourth-order valence-corrected chi connectivity index (χ4v) is 4.92. The fourth-order valence-electron chi connectivity index (χ4n) is 3.97. The summed E-state index contributed by atoms with van der Waals surface area (Å²) in [6, 6.07) is 17.9. The Morgan fingerprint density at radius 2 is 1.80 bits per heavy atom. The standard InChI is InChI=1S/C23H27N5OS/c1-2-17-12-14-18(15-13-17)24-23(29)20-10-6-7-11-21(20)30-16-22-25-26-27-28(22)19-8-4-3-5-9-19/h3-11,17-18H,2,12-16H2,1H3,(H,24,29).